The van der Waals surface area contributed by atoms with Crippen LogP contribution in [0.25, 0.3) is 0 Å². The summed E-state index contributed by atoms with van der Waals surface area (Å²) >= 11 is 0. The van der Waals surface area contributed by atoms with Gasteiger partial charge in [0.05, 0.1) is 6.26 Å². The number of sulfonamides is 1. The van der Waals surface area contributed by atoms with E-state index >= 15 is 0 Å². The summed E-state index contributed by atoms with van der Waals surface area (Å²) < 4.78 is 24.2. The maximum Gasteiger partial charge on any atom is 0.208 e. The molecule has 0 aliphatic carbocycles. The molecule has 1 N–H and O–H groups in total. The number of unbranched alkanes of at least 4 members (excludes halogenated alkanes) is 1. The summed E-state index contributed by atoms with van der Waals surface area (Å²) in [7, 11) is -3.03. The topological polar surface area (TPSA) is 46.2 Å². The van der Waals surface area contributed by atoms with Gasteiger partial charge in [0.15, 0.2) is 0 Å². The molecule has 0 spiro atoms. The summed E-state index contributed by atoms with van der Waals surface area (Å²) in [6.45, 7) is 10.8. The Bertz CT molecular complexity index is 233. The van der Waals surface area contributed by atoms with Gasteiger partial charge in [-0.15, -0.1) is 0 Å². The minimum atomic E-state index is -3.03. The van der Waals surface area contributed by atoms with Crippen molar-refractivity contribution in [2.45, 2.75) is 53.9 Å². The first-order valence-corrected chi connectivity index (χ1v) is 7.60. The molecule has 3 nitrogen and oxygen atoms in total. The van der Waals surface area contributed by atoms with E-state index in [4.69, 9.17) is 0 Å². The van der Waals surface area contributed by atoms with Crippen molar-refractivity contribution < 1.29 is 8.42 Å². The molecule has 0 unspecified atom stereocenters. The van der Waals surface area contributed by atoms with Gasteiger partial charge in [-0.1, -0.05) is 47.5 Å². The zero-order valence-electron chi connectivity index (χ0n) is 11.1. The molecule has 0 aliphatic heterocycles. The molecule has 0 bridgehead atoms. The molecule has 0 radical (unpaired) electrons. The molecule has 0 atom stereocenters. The van der Waals surface area contributed by atoms with Crippen LogP contribution in [0.5, 0.6) is 0 Å². The molecule has 0 saturated carbocycles. The third-order valence-corrected chi connectivity index (χ3v) is 2.69. The molecule has 0 aromatic carbocycles. The van der Waals surface area contributed by atoms with Gasteiger partial charge >= 0.3 is 0 Å². The van der Waals surface area contributed by atoms with E-state index in [1.807, 2.05) is 13.8 Å². The Morgan fingerprint density at radius 3 is 2.00 bits per heavy atom. The third kappa shape index (κ3) is 13.9. The summed E-state index contributed by atoms with van der Waals surface area (Å²) in [5.74, 6) is 0. The summed E-state index contributed by atoms with van der Waals surface area (Å²) in [5, 5.41) is 0. The standard InChI is InChI=1S/C9H21NO2S.C2H6/c1-5-6-7-9(2,3)8-10-13(4,11)12;1-2/h10H,5-8H2,1-4H3;1-2H3. The van der Waals surface area contributed by atoms with Gasteiger partial charge in [-0.2, -0.15) is 0 Å². The van der Waals surface area contributed by atoms with Crippen molar-refractivity contribution in [3.8, 4) is 0 Å². The van der Waals surface area contributed by atoms with Gasteiger partial charge in [-0.05, 0) is 11.8 Å². The normalized spacial score (nSPS) is 11.9. The zero-order valence-corrected chi connectivity index (χ0v) is 11.9. The number of rotatable bonds is 6. The zero-order chi connectivity index (χ0) is 12.5. The summed E-state index contributed by atoms with van der Waals surface area (Å²) in [6, 6.07) is 0. The predicted molar refractivity (Wildman–Crippen MR) is 67.5 cm³/mol. The van der Waals surface area contributed by atoms with Crippen LogP contribution in [0, 0.1) is 5.41 Å². The summed E-state index contributed by atoms with van der Waals surface area (Å²) in [4.78, 5) is 0. The minimum absolute atomic E-state index is 0.0685. The van der Waals surface area contributed by atoms with Crippen LogP contribution in [0.15, 0.2) is 0 Å². The lowest BCUT2D eigenvalue weighted by Gasteiger charge is -2.24. The number of nitrogens with one attached hydrogen (secondary N) is 1. The van der Waals surface area contributed by atoms with Crippen LogP contribution in [0.1, 0.15) is 53.9 Å². The molecular formula is C11H27NO2S. The number of hydrogen-bond acceptors (Lipinski definition) is 2. The highest BCUT2D eigenvalue weighted by Gasteiger charge is 2.18. The Balaban J connectivity index is 0. The molecule has 0 heterocycles. The molecule has 0 aromatic rings. The van der Waals surface area contributed by atoms with Crippen molar-refractivity contribution in [1.29, 1.82) is 0 Å². The number of hydrogen-bond donors (Lipinski definition) is 1. The second-order valence-electron chi connectivity index (χ2n) is 4.36. The van der Waals surface area contributed by atoms with E-state index in [0.717, 1.165) is 19.3 Å². The largest absolute Gasteiger partial charge is 0.215 e. The molecule has 0 fully saturated rings. The molecule has 0 aromatic heterocycles. The minimum Gasteiger partial charge on any atom is -0.215 e. The van der Waals surface area contributed by atoms with E-state index in [1.165, 1.54) is 6.26 Å². The van der Waals surface area contributed by atoms with Gasteiger partial charge in [0, 0.05) is 6.54 Å². The van der Waals surface area contributed by atoms with Crippen molar-refractivity contribution in [3.63, 3.8) is 0 Å². The second-order valence-corrected chi connectivity index (χ2v) is 6.19. The van der Waals surface area contributed by atoms with Crippen LogP contribution in [0.3, 0.4) is 0 Å². The van der Waals surface area contributed by atoms with E-state index < -0.39 is 10.0 Å². The van der Waals surface area contributed by atoms with Gasteiger partial charge in [-0.3, -0.25) is 0 Å². The smallest absolute Gasteiger partial charge is 0.208 e. The lowest BCUT2D eigenvalue weighted by atomic mass is 9.88. The highest BCUT2D eigenvalue weighted by atomic mass is 32.2. The fourth-order valence-electron chi connectivity index (χ4n) is 1.07. The van der Waals surface area contributed by atoms with Crippen LogP contribution in [-0.4, -0.2) is 21.2 Å². The average Bonchev–Trinajstić information content (AvgIpc) is 2.14. The molecule has 15 heavy (non-hydrogen) atoms. The Morgan fingerprint density at radius 1 is 1.20 bits per heavy atom. The fourth-order valence-corrected chi connectivity index (χ4v) is 1.72. The molecule has 0 saturated heterocycles. The van der Waals surface area contributed by atoms with Crippen molar-refractivity contribution in [1.82, 2.24) is 4.72 Å². The predicted octanol–water partition coefficient (Wildman–Crippen LogP) is 2.78. The molecule has 0 rings (SSSR count). The summed E-state index contributed by atoms with van der Waals surface area (Å²) in [5.41, 5.74) is 0.0685. The van der Waals surface area contributed by atoms with E-state index in [2.05, 4.69) is 25.5 Å². The molecule has 94 valence electrons. The van der Waals surface area contributed by atoms with E-state index in [-0.39, 0.29) is 5.41 Å². The first-order chi connectivity index (χ1) is 6.77. The fraction of sp³-hybridized carbons (Fsp3) is 1.00. The summed E-state index contributed by atoms with van der Waals surface area (Å²) in [6.07, 6.45) is 4.57. The highest BCUT2D eigenvalue weighted by Crippen LogP contribution is 2.21. The Morgan fingerprint density at radius 2 is 1.67 bits per heavy atom. The molecule has 0 amide bonds. The lowest BCUT2D eigenvalue weighted by Crippen LogP contribution is -2.33. The van der Waals surface area contributed by atoms with Gasteiger partial charge in [0.2, 0.25) is 10.0 Å². The van der Waals surface area contributed by atoms with E-state index in [1.54, 1.807) is 0 Å². The van der Waals surface area contributed by atoms with Crippen LogP contribution in [0.2, 0.25) is 0 Å². The van der Waals surface area contributed by atoms with Crippen molar-refractivity contribution in [2.24, 2.45) is 5.41 Å². The van der Waals surface area contributed by atoms with Crippen molar-refractivity contribution in [3.05, 3.63) is 0 Å². The molecular weight excluding hydrogens is 210 g/mol. The van der Waals surface area contributed by atoms with Crippen LogP contribution < -0.4 is 4.72 Å². The highest BCUT2D eigenvalue weighted by molar-refractivity contribution is 7.88. The maximum absolute atomic E-state index is 10.8. The van der Waals surface area contributed by atoms with Crippen LogP contribution in [0.4, 0.5) is 0 Å². The molecule has 4 heteroatoms. The van der Waals surface area contributed by atoms with Crippen LogP contribution in [-0.2, 0) is 10.0 Å². The van der Waals surface area contributed by atoms with Gasteiger partial charge < -0.3 is 0 Å². The second kappa shape index (κ2) is 8.11. The first-order valence-electron chi connectivity index (χ1n) is 5.71. The maximum atomic E-state index is 10.8. The Labute approximate surface area is 95.7 Å². The SMILES string of the molecule is CC.CCCCC(C)(C)CNS(C)(=O)=O. The Hall–Kier alpha value is -0.0900. The van der Waals surface area contributed by atoms with Gasteiger partial charge in [-0.25, -0.2) is 13.1 Å². The van der Waals surface area contributed by atoms with E-state index in [9.17, 15) is 8.42 Å². The lowest BCUT2D eigenvalue weighted by molar-refractivity contribution is 0.323. The monoisotopic (exact) mass is 237 g/mol. The quantitative estimate of drug-likeness (QED) is 0.772. The van der Waals surface area contributed by atoms with Crippen LogP contribution >= 0.6 is 0 Å². The van der Waals surface area contributed by atoms with E-state index in [0.29, 0.717) is 6.54 Å². The third-order valence-electron chi connectivity index (χ3n) is 2.02. The van der Waals surface area contributed by atoms with Crippen molar-refractivity contribution >= 4 is 10.0 Å². The Kier molecular flexibility index (Phi) is 9.36. The van der Waals surface area contributed by atoms with Crippen molar-refractivity contribution in [2.75, 3.05) is 12.8 Å². The van der Waals surface area contributed by atoms with Gasteiger partial charge in [0.25, 0.3) is 0 Å². The van der Waals surface area contributed by atoms with Gasteiger partial charge in [0.1, 0.15) is 0 Å². The molecule has 0 aliphatic rings. The first kappa shape index (κ1) is 17.3. The average molecular weight is 237 g/mol.